The van der Waals surface area contributed by atoms with Gasteiger partial charge in [0, 0.05) is 11.6 Å². The van der Waals surface area contributed by atoms with E-state index < -0.39 is 7.55 Å². The van der Waals surface area contributed by atoms with Gasteiger partial charge in [-0.05, 0) is 31.1 Å². The summed E-state index contributed by atoms with van der Waals surface area (Å²) < 4.78 is 0. The molecule has 1 rings (SSSR count). The third kappa shape index (κ3) is 4.36. The molecule has 0 bridgehead atoms. The highest BCUT2D eigenvalue weighted by molar-refractivity contribution is 7.21. The second kappa shape index (κ2) is 5.64. The number of hydrogen-bond donors (Lipinski definition) is 1. The lowest BCUT2D eigenvalue weighted by atomic mass is 10.3. The molecule has 78 valence electrons. The zero-order valence-electron chi connectivity index (χ0n) is 8.26. The van der Waals surface area contributed by atoms with Gasteiger partial charge in [0.2, 0.25) is 7.55 Å². The Kier molecular flexibility index (Phi) is 4.79. The summed E-state index contributed by atoms with van der Waals surface area (Å²) in [4.78, 5) is 3.40. The number of nitrogens with one attached hydrogen (secondary N) is 1. The summed E-state index contributed by atoms with van der Waals surface area (Å²) in [5.74, 6) is 0.686. The molecule has 4 heteroatoms. The predicted octanol–water partition coefficient (Wildman–Crippen LogP) is 4.04. The Hall–Kier alpha value is -0.183. The lowest BCUT2D eigenvalue weighted by Crippen LogP contribution is -2.33. The third-order valence-electron chi connectivity index (χ3n) is 1.96. The highest BCUT2D eigenvalue weighted by Gasteiger charge is 2.23. The first-order valence-corrected chi connectivity index (χ1v) is 8.97. The van der Waals surface area contributed by atoms with Gasteiger partial charge in [-0.2, -0.15) is 0 Å². The lowest BCUT2D eigenvalue weighted by molar-refractivity contribution is 1.07. The molecule has 1 atom stereocenters. The highest BCUT2D eigenvalue weighted by Crippen LogP contribution is 2.20. The molecule has 0 aliphatic heterocycles. The molecule has 0 amide bonds. The van der Waals surface area contributed by atoms with Crippen LogP contribution in [-0.2, 0) is 0 Å². The van der Waals surface area contributed by atoms with Crippen molar-refractivity contribution in [3.8, 4) is 0 Å². The maximum atomic E-state index is 6.42. The smallest absolute Gasteiger partial charge is 0.250 e. The van der Waals surface area contributed by atoms with Gasteiger partial charge in [0.1, 0.15) is 0 Å². The van der Waals surface area contributed by atoms with E-state index in [0.717, 1.165) is 18.2 Å². The maximum absolute atomic E-state index is 6.42. The van der Waals surface area contributed by atoms with Crippen molar-refractivity contribution in [1.82, 2.24) is 0 Å². The van der Waals surface area contributed by atoms with Gasteiger partial charge in [0.15, 0.2) is 0 Å². The maximum Gasteiger partial charge on any atom is 0.250 e. The first-order valence-electron chi connectivity index (χ1n) is 4.72. The van der Waals surface area contributed by atoms with Crippen molar-refractivity contribution >= 4 is 35.9 Å². The number of hydrogen-bond acceptors (Lipinski definition) is 1. The number of alkyl halides is 1. The van der Waals surface area contributed by atoms with E-state index in [9.17, 15) is 0 Å². The number of rotatable bonds is 5. The summed E-state index contributed by atoms with van der Waals surface area (Å²) in [6.45, 7) is 2.11. The van der Waals surface area contributed by atoms with Crippen molar-refractivity contribution in [3.05, 3.63) is 30.3 Å². The van der Waals surface area contributed by atoms with Gasteiger partial charge in [-0.15, -0.1) is 22.7 Å². The van der Waals surface area contributed by atoms with E-state index in [2.05, 4.69) is 11.5 Å². The summed E-state index contributed by atoms with van der Waals surface area (Å²) >= 11 is 12.1. The molecule has 1 N–H and O–H groups in total. The van der Waals surface area contributed by atoms with Crippen LogP contribution in [0, 0.1) is 0 Å². The van der Waals surface area contributed by atoms with E-state index in [-0.39, 0.29) is 0 Å². The molecule has 0 saturated carbocycles. The van der Waals surface area contributed by atoms with Crippen LogP contribution in [0.4, 0.5) is 5.69 Å². The molecule has 0 radical (unpaired) electrons. The molecular weight excluding hydrogens is 233 g/mol. The average molecular weight is 248 g/mol. The Labute approximate surface area is 96.2 Å². The Morgan fingerprint density at radius 1 is 1.29 bits per heavy atom. The molecule has 0 heterocycles. The van der Waals surface area contributed by atoms with Crippen molar-refractivity contribution < 1.29 is 0 Å². The SMILES string of the molecule is C[Si](Cl)(CCCCl)Nc1ccccc1. The fraction of sp³-hybridized carbons (Fsp3) is 0.400. The van der Waals surface area contributed by atoms with Crippen LogP contribution in [0.15, 0.2) is 30.3 Å². The van der Waals surface area contributed by atoms with Gasteiger partial charge in [-0.1, -0.05) is 18.2 Å². The summed E-state index contributed by atoms with van der Waals surface area (Å²) in [7, 11) is -1.83. The topological polar surface area (TPSA) is 12.0 Å². The van der Waals surface area contributed by atoms with E-state index in [1.807, 2.05) is 30.3 Å². The Morgan fingerprint density at radius 3 is 2.50 bits per heavy atom. The predicted molar refractivity (Wildman–Crippen MR) is 67.7 cm³/mol. The van der Waals surface area contributed by atoms with Crippen molar-refractivity contribution in [2.45, 2.75) is 19.0 Å². The molecule has 1 unspecified atom stereocenters. The van der Waals surface area contributed by atoms with E-state index in [1.54, 1.807) is 0 Å². The van der Waals surface area contributed by atoms with Crippen LogP contribution in [0.1, 0.15) is 6.42 Å². The van der Waals surface area contributed by atoms with E-state index in [4.69, 9.17) is 22.7 Å². The molecule has 1 aromatic carbocycles. The third-order valence-corrected chi connectivity index (χ3v) is 5.18. The Balaban J connectivity index is 2.50. The second-order valence-corrected chi connectivity index (χ2v) is 9.51. The zero-order chi connectivity index (χ0) is 10.4. The largest absolute Gasteiger partial charge is 0.399 e. The molecular formula is C10H15Cl2NSi. The fourth-order valence-electron chi connectivity index (χ4n) is 1.28. The molecule has 1 nitrogen and oxygen atoms in total. The zero-order valence-corrected chi connectivity index (χ0v) is 10.8. The first kappa shape index (κ1) is 11.9. The molecule has 0 aromatic heterocycles. The quantitative estimate of drug-likeness (QED) is 0.471. The monoisotopic (exact) mass is 247 g/mol. The van der Waals surface area contributed by atoms with Crippen molar-refractivity contribution in [3.63, 3.8) is 0 Å². The van der Waals surface area contributed by atoms with Crippen LogP contribution < -0.4 is 4.98 Å². The lowest BCUT2D eigenvalue weighted by Gasteiger charge is -2.21. The number of benzene rings is 1. The average Bonchev–Trinajstić information content (AvgIpc) is 2.16. The van der Waals surface area contributed by atoms with E-state index >= 15 is 0 Å². The normalized spacial score (nSPS) is 14.8. The van der Waals surface area contributed by atoms with Gasteiger partial charge < -0.3 is 4.98 Å². The van der Waals surface area contributed by atoms with Gasteiger partial charge >= 0.3 is 0 Å². The number of para-hydroxylation sites is 1. The van der Waals surface area contributed by atoms with E-state index in [0.29, 0.717) is 5.88 Å². The fourth-order valence-corrected chi connectivity index (χ4v) is 4.10. The second-order valence-electron chi connectivity index (χ2n) is 3.48. The first-order chi connectivity index (χ1) is 6.64. The van der Waals surface area contributed by atoms with Gasteiger partial charge in [-0.25, -0.2) is 0 Å². The van der Waals surface area contributed by atoms with Crippen molar-refractivity contribution in [2.75, 3.05) is 10.9 Å². The van der Waals surface area contributed by atoms with Crippen molar-refractivity contribution in [2.24, 2.45) is 0 Å². The molecule has 0 fully saturated rings. The number of anilines is 1. The van der Waals surface area contributed by atoms with E-state index in [1.165, 1.54) is 0 Å². The van der Waals surface area contributed by atoms with Crippen LogP contribution >= 0.6 is 22.7 Å². The summed E-state index contributed by atoms with van der Waals surface area (Å²) in [5.41, 5.74) is 1.10. The van der Waals surface area contributed by atoms with Crippen LogP contribution in [0.3, 0.4) is 0 Å². The molecule has 0 aliphatic carbocycles. The number of halogens is 2. The van der Waals surface area contributed by atoms with Crippen molar-refractivity contribution in [1.29, 1.82) is 0 Å². The molecule has 0 saturated heterocycles. The summed E-state index contributed by atoms with van der Waals surface area (Å²) in [6, 6.07) is 11.1. The summed E-state index contributed by atoms with van der Waals surface area (Å²) in [6.07, 6.45) is 0.980. The Bertz CT molecular complexity index is 264. The Morgan fingerprint density at radius 2 is 1.93 bits per heavy atom. The minimum absolute atomic E-state index is 0.686. The summed E-state index contributed by atoms with van der Waals surface area (Å²) in [5, 5.41) is 0. The van der Waals surface area contributed by atoms with Gasteiger partial charge in [0.05, 0.1) is 0 Å². The van der Waals surface area contributed by atoms with Crippen LogP contribution in [-0.4, -0.2) is 13.4 Å². The minimum atomic E-state index is -1.83. The highest BCUT2D eigenvalue weighted by atomic mass is 35.6. The minimum Gasteiger partial charge on any atom is -0.399 e. The van der Waals surface area contributed by atoms with Crippen LogP contribution in [0.25, 0.3) is 0 Å². The van der Waals surface area contributed by atoms with Crippen LogP contribution in [0.2, 0.25) is 12.6 Å². The van der Waals surface area contributed by atoms with Gasteiger partial charge in [-0.3, -0.25) is 0 Å². The molecule has 0 spiro atoms. The molecule has 0 aliphatic rings. The standard InChI is InChI=1S/C10H15Cl2NSi/c1-14(12,9-5-8-11)13-10-6-3-2-4-7-10/h2-4,6-7,13H,5,8-9H2,1H3. The molecule has 1 aromatic rings. The van der Waals surface area contributed by atoms with Gasteiger partial charge in [0.25, 0.3) is 0 Å². The van der Waals surface area contributed by atoms with Crippen LogP contribution in [0.5, 0.6) is 0 Å². The molecule has 14 heavy (non-hydrogen) atoms.